The summed E-state index contributed by atoms with van der Waals surface area (Å²) in [5, 5.41) is 12.0. The van der Waals surface area contributed by atoms with Crippen molar-refractivity contribution in [2.45, 2.75) is 39.2 Å². The third-order valence-electron chi connectivity index (χ3n) is 4.26. The van der Waals surface area contributed by atoms with Crippen LogP contribution in [0, 0.1) is 17.7 Å². The topological polar surface area (TPSA) is 49.3 Å². The molecule has 0 saturated heterocycles. The first kappa shape index (κ1) is 13.8. The minimum atomic E-state index is -0.685. The van der Waals surface area contributed by atoms with Crippen molar-refractivity contribution in [2.24, 2.45) is 11.8 Å². The van der Waals surface area contributed by atoms with Crippen molar-refractivity contribution in [3.63, 3.8) is 0 Å². The molecule has 1 fully saturated rings. The molecule has 1 saturated carbocycles. The van der Waals surface area contributed by atoms with Crippen LogP contribution in [0.2, 0.25) is 0 Å². The number of carbonyl (C=O) groups is 1. The molecule has 2 N–H and O–H groups in total. The number of hydrogen-bond donors (Lipinski definition) is 2. The summed E-state index contributed by atoms with van der Waals surface area (Å²) < 4.78 is 13.6. The summed E-state index contributed by atoms with van der Waals surface area (Å²) in [6.45, 7) is 4.30. The van der Waals surface area contributed by atoms with E-state index in [1.165, 1.54) is 12.1 Å². The van der Waals surface area contributed by atoms with E-state index >= 15 is 0 Å². The van der Waals surface area contributed by atoms with E-state index in [-0.39, 0.29) is 17.4 Å². The molecular formula is C15H20FNO2. The molecule has 3 unspecified atom stereocenters. The number of nitrogens with one attached hydrogen (secondary N) is 1. The van der Waals surface area contributed by atoms with Gasteiger partial charge in [0, 0.05) is 12.1 Å². The van der Waals surface area contributed by atoms with Crippen LogP contribution in [-0.4, -0.2) is 17.1 Å². The van der Waals surface area contributed by atoms with Gasteiger partial charge < -0.3 is 10.4 Å². The van der Waals surface area contributed by atoms with Gasteiger partial charge in [-0.25, -0.2) is 4.39 Å². The van der Waals surface area contributed by atoms with E-state index < -0.39 is 11.7 Å². The number of benzene rings is 1. The Morgan fingerprint density at radius 2 is 2.21 bits per heavy atom. The highest BCUT2D eigenvalue weighted by Crippen LogP contribution is 2.34. The Labute approximate surface area is 112 Å². The molecule has 104 valence electrons. The van der Waals surface area contributed by atoms with E-state index in [1.54, 1.807) is 0 Å². The lowest BCUT2D eigenvalue weighted by molar-refractivity contribution is 0.0922. The van der Waals surface area contributed by atoms with Gasteiger partial charge in [0.25, 0.3) is 5.91 Å². The molecule has 0 aliphatic heterocycles. The second kappa shape index (κ2) is 5.59. The second-order valence-electron chi connectivity index (χ2n) is 5.35. The SMILES string of the molecule is CCC1CCC(NC(=O)c2ccc(O)cc2F)C1C. The van der Waals surface area contributed by atoms with Crippen molar-refractivity contribution in [3.8, 4) is 5.75 Å². The fourth-order valence-electron chi connectivity index (χ4n) is 2.96. The van der Waals surface area contributed by atoms with Crippen LogP contribution in [0.4, 0.5) is 4.39 Å². The molecule has 1 aliphatic rings. The fraction of sp³-hybridized carbons (Fsp3) is 0.533. The lowest BCUT2D eigenvalue weighted by Crippen LogP contribution is -2.37. The maximum atomic E-state index is 13.6. The molecule has 3 nitrogen and oxygen atoms in total. The summed E-state index contributed by atoms with van der Waals surface area (Å²) in [5.74, 6) is -0.195. The van der Waals surface area contributed by atoms with E-state index in [2.05, 4.69) is 19.2 Å². The highest BCUT2D eigenvalue weighted by Gasteiger charge is 2.32. The Morgan fingerprint density at radius 1 is 1.47 bits per heavy atom. The third-order valence-corrected chi connectivity index (χ3v) is 4.26. The zero-order valence-corrected chi connectivity index (χ0v) is 11.3. The van der Waals surface area contributed by atoms with E-state index in [4.69, 9.17) is 5.11 Å². The van der Waals surface area contributed by atoms with Gasteiger partial charge in [-0.05, 0) is 36.8 Å². The Bertz CT molecular complexity index is 475. The summed E-state index contributed by atoms with van der Waals surface area (Å²) in [7, 11) is 0. The van der Waals surface area contributed by atoms with Gasteiger partial charge in [-0.15, -0.1) is 0 Å². The van der Waals surface area contributed by atoms with E-state index in [0.29, 0.717) is 11.8 Å². The zero-order chi connectivity index (χ0) is 14.0. The number of phenolic OH excluding ortho intramolecular Hbond substituents is 1. The maximum Gasteiger partial charge on any atom is 0.254 e. The number of hydrogen-bond acceptors (Lipinski definition) is 2. The molecule has 1 aliphatic carbocycles. The average molecular weight is 265 g/mol. The number of carbonyl (C=O) groups excluding carboxylic acids is 1. The largest absolute Gasteiger partial charge is 0.508 e. The van der Waals surface area contributed by atoms with E-state index in [9.17, 15) is 9.18 Å². The van der Waals surface area contributed by atoms with Gasteiger partial charge in [0.15, 0.2) is 0 Å². The number of halogens is 1. The van der Waals surface area contributed by atoms with Crippen LogP contribution in [0.15, 0.2) is 18.2 Å². The maximum absolute atomic E-state index is 13.6. The molecule has 1 amide bonds. The number of phenols is 1. The summed E-state index contributed by atoms with van der Waals surface area (Å²) in [4.78, 5) is 12.0. The molecule has 19 heavy (non-hydrogen) atoms. The van der Waals surface area contributed by atoms with Crippen LogP contribution in [0.25, 0.3) is 0 Å². The molecule has 0 bridgehead atoms. The third kappa shape index (κ3) is 2.88. The van der Waals surface area contributed by atoms with Crippen molar-refractivity contribution < 1.29 is 14.3 Å². The monoisotopic (exact) mass is 265 g/mol. The number of amides is 1. The highest BCUT2D eigenvalue weighted by atomic mass is 19.1. The predicted molar refractivity (Wildman–Crippen MR) is 71.5 cm³/mol. The van der Waals surface area contributed by atoms with Crippen molar-refractivity contribution in [2.75, 3.05) is 0 Å². The first-order valence-corrected chi connectivity index (χ1v) is 6.82. The summed E-state index contributed by atoms with van der Waals surface area (Å²) in [6, 6.07) is 3.72. The Balaban J connectivity index is 2.05. The lowest BCUT2D eigenvalue weighted by atomic mass is 9.93. The van der Waals surface area contributed by atoms with Gasteiger partial charge in [-0.1, -0.05) is 20.3 Å². The van der Waals surface area contributed by atoms with Gasteiger partial charge in [0.2, 0.25) is 0 Å². The zero-order valence-electron chi connectivity index (χ0n) is 11.3. The first-order valence-electron chi connectivity index (χ1n) is 6.82. The van der Waals surface area contributed by atoms with Gasteiger partial charge in [0.05, 0.1) is 5.56 Å². The molecule has 4 heteroatoms. The summed E-state index contributed by atoms with van der Waals surface area (Å²) in [6.07, 6.45) is 3.17. The molecule has 0 spiro atoms. The quantitative estimate of drug-likeness (QED) is 0.882. The first-order chi connectivity index (χ1) is 9.02. The van der Waals surface area contributed by atoms with Gasteiger partial charge in [-0.3, -0.25) is 4.79 Å². The molecule has 0 heterocycles. The van der Waals surface area contributed by atoms with Gasteiger partial charge >= 0.3 is 0 Å². The molecule has 2 rings (SSSR count). The Kier molecular flexibility index (Phi) is 4.08. The minimum absolute atomic E-state index is 0.00931. The minimum Gasteiger partial charge on any atom is -0.508 e. The van der Waals surface area contributed by atoms with Crippen LogP contribution < -0.4 is 5.32 Å². The van der Waals surface area contributed by atoms with Crippen LogP contribution in [-0.2, 0) is 0 Å². The van der Waals surface area contributed by atoms with Crippen molar-refractivity contribution >= 4 is 5.91 Å². The standard InChI is InChI=1S/C15H20FNO2/c1-3-10-4-7-14(9(10)2)17-15(19)12-6-5-11(18)8-13(12)16/h5-6,8-10,14,18H,3-4,7H2,1-2H3,(H,17,19). The van der Waals surface area contributed by atoms with Crippen molar-refractivity contribution in [3.05, 3.63) is 29.6 Å². The fourth-order valence-corrected chi connectivity index (χ4v) is 2.96. The summed E-state index contributed by atoms with van der Waals surface area (Å²) >= 11 is 0. The van der Waals surface area contributed by atoms with Gasteiger partial charge in [-0.2, -0.15) is 0 Å². The average Bonchev–Trinajstić information content (AvgIpc) is 2.70. The van der Waals surface area contributed by atoms with Gasteiger partial charge in [0.1, 0.15) is 11.6 Å². The molecule has 0 radical (unpaired) electrons. The van der Waals surface area contributed by atoms with E-state index in [1.807, 2.05) is 0 Å². The van der Waals surface area contributed by atoms with E-state index in [0.717, 1.165) is 25.3 Å². The lowest BCUT2D eigenvalue weighted by Gasteiger charge is -2.21. The van der Waals surface area contributed by atoms with Crippen molar-refractivity contribution in [1.29, 1.82) is 0 Å². The highest BCUT2D eigenvalue weighted by molar-refractivity contribution is 5.94. The Hall–Kier alpha value is -1.58. The second-order valence-corrected chi connectivity index (χ2v) is 5.35. The Morgan fingerprint density at radius 3 is 2.79 bits per heavy atom. The van der Waals surface area contributed by atoms with Crippen LogP contribution >= 0.6 is 0 Å². The molecule has 3 atom stereocenters. The van der Waals surface area contributed by atoms with Crippen molar-refractivity contribution in [1.82, 2.24) is 5.32 Å². The number of rotatable bonds is 3. The predicted octanol–water partition coefficient (Wildman–Crippen LogP) is 3.09. The smallest absolute Gasteiger partial charge is 0.254 e. The van der Waals surface area contributed by atoms with Crippen LogP contribution in [0.3, 0.4) is 0 Å². The molecular weight excluding hydrogens is 245 g/mol. The molecule has 1 aromatic rings. The number of aromatic hydroxyl groups is 1. The molecule has 1 aromatic carbocycles. The van der Waals surface area contributed by atoms with Crippen LogP contribution in [0.5, 0.6) is 5.75 Å². The molecule has 0 aromatic heterocycles. The van der Waals surface area contributed by atoms with Crippen LogP contribution in [0.1, 0.15) is 43.5 Å². The summed E-state index contributed by atoms with van der Waals surface area (Å²) in [5.41, 5.74) is -0.00931. The normalized spacial score (nSPS) is 26.4.